The number of primary amides is 1. The normalized spacial score (nSPS) is 10.3. The molecule has 0 unspecified atom stereocenters. The Morgan fingerprint density at radius 2 is 2.19 bits per heavy atom. The molecule has 0 aliphatic heterocycles. The van der Waals surface area contributed by atoms with Gasteiger partial charge in [-0.25, -0.2) is 4.68 Å². The van der Waals surface area contributed by atoms with Crippen LogP contribution >= 0.6 is 15.9 Å². The topological polar surface area (TPSA) is 86.9 Å². The molecule has 6 heteroatoms. The average Bonchev–Trinajstić information content (AvgIpc) is 2.64. The zero-order valence-corrected chi connectivity index (χ0v) is 9.81. The van der Waals surface area contributed by atoms with Crippen molar-refractivity contribution in [3.8, 4) is 5.69 Å². The zero-order chi connectivity index (χ0) is 11.7. The molecule has 0 bridgehead atoms. The lowest BCUT2D eigenvalue weighted by atomic mass is 10.2. The molecule has 82 valence electrons. The molecule has 1 aromatic heterocycles. The maximum absolute atomic E-state index is 11.0. The first-order chi connectivity index (χ1) is 7.58. The summed E-state index contributed by atoms with van der Waals surface area (Å²) in [6, 6.07) is 5.03. The van der Waals surface area contributed by atoms with Gasteiger partial charge in [0, 0.05) is 10.0 Å². The number of hydrogen-bond donors (Lipinski definition) is 2. The summed E-state index contributed by atoms with van der Waals surface area (Å²) >= 11 is 3.35. The van der Waals surface area contributed by atoms with E-state index in [9.17, 15) is 4.79 Å². The molecule has 2 aromatic rings. The fourth-order valence-electron chi connectivity index (χ4n) is 1.31. The number of aromatic nitrogens is 2. The second-order valence-corrected chi connectivity index (χ2v) is 4.10. The third kappa shape index (κ3) is 1.92. The van der Waals surface area contributed by atoms with E-state index in [1.165, 1.54) is 0 Å². The van der Waals surface area contributed by atoms with Gasteiger partial charge >= 0.3 is 0 Å². The maximum atomic E-state index is 11.0. The van der Waals surface area contributed by atoms with Crippen LogP contribution in [0.3, 0.4) is 0 Å². The van der Waals surface area contributed by atoms with Crippen LogP contribution in [-0.2, 0) is 0 Å². The van der Waals surface area contributed by atoms with E-state index >= 15 is 0 Å². The van der Waals surface area contributed by atoms with Crippen molar-refractivity contribution in [3.63, 3.8) is 0 Å². The number of nitrogens with zero attached hydrogens (tertiary/aromatic N) is 2. The number of amides is 1. The number of halogens is 1. The molecule has 0 aliphatic rings. The number of rotatable bonds is 2. The quantitative estimate of drug-likeness (QED) is 0.870. The van der Waals surface area contributed by atoms with Gasteiger partial charge < -0.3 is 11.5 Å². The van der Waals surface area contributed by atoms with Crippen LogP contribution in [0.5, 0.6) is 0 Å². The molecule has 2 rings (SSSR count). The lowest BCUT2D eigenvalue weighted by molar-refractivity contribution is 0.100. The molecule has 0 saturated carbocycles. The second kappa shape index (κ2) is 3.97. The van der Waals surface area contributed by atoms with Crippen molar-refractivity contribution in [2.24, 2.45) is 5.73 Å². The first-order valence-electron chi connectivity index (χ1n) is 4.48. The highest BCUT2D eigenvalue weighted by atomic mass is 79.9. The van der Waals surface area contributed by atoms with Crippen molar-refractivity contribution >= 4 is 27.5 Å². The molecule has 5 nitrogen and oxygen atoms in total. The Morgan fingerprint density at radius 1 is 1.44 bits per heavy atom. The molecule has 0 saturated heterocycles. The highest BCUT2D eigenvalue weighted by Gasteiger charge is 2.07. The molecule has 0 atom stereocenters. The lowest BCUT2D eigenvalue weighted by Gasteiger charge is -2.05. The third-order valence-electron chi connectivity index (χ3n) is 2.08. The standard InChI is InChI=1S/C10H9BrN4O/c11-8-3-6(10(13)16)1-2-9(8)15-5-7(12)4-14-15/h1-5H,12H2,(H2,13,16). The van der Waals surface area contributed by atoms with Crippen molar-refractivity contribution in [2.75, 3.05) is 5.73 Å². The Hall–Kier alpha value is -1.82. The number of nitrogens with two attached hydrogens (primary N) is 2. The van der Waals surface area contributed by atoms with Gasteiger partial charge in [-0.2, -0.15) is 5.10 Å². The van der Waals surface area contributed by atoms with Crippen molar-refractivity contribution in [3.05, 3.63) is 40.6 Å². The van der Waals surface area contributed by atoms with Gasteiger partial charge in [-0.15, -0.1) is 0 Å². The SMILES string of the molecule is NC(=O)c1ccc(-n2cc(N)cn2)c(Br)c1. The summed E-state index contributed by atoms with van der Waals surface area (Å²) in [5, 5.41) is 4.07. The van der Waals surface area contributed by atoms with Crippen molar-refractivity contribution < 1.29 is 4.79 Å². The van der Waals surface area contributed by atoms with E-state index in [4.69, 9.17) is 11.5 Å². The molecule has 1 amide bonds. The van der Waals surface area contributed by atoms with Gasteiger partial charge in [0.15, 0.2) is 0 Å². The zero-order valence-electron chi connectivity index (χ0n) is 8.22. The van der Waals surface area contributed by atoms with E-state index in [0.29, 0.717) is 11.3 Å². The van der Waals surface area contributed by atoms with E-state index in [2.05, 4.69) is 21.0 Å². The number of nitrogen functional groups attached to an aromatic ring is 1. The maximum Gasteiger partial charge on any atom is 0.248 e. The number of benzene rings is 1. The van der Waals surface area contributed by atoms with Crippen molar-refractivity contribution in [1.82, 2.24) is 9.78 Å². The Labute approximate surface area is 100 Å². The highest BCUT2D eigenvalue weighted by Crippen LogP contribution is 2.22. The molecule has 1 aromatic carbocycles. The van der Waals surface area contributed by atoms with E-state index in [1.54, 1.807) is 35.3 Å². The Balaban J connectivity index is 2.47. The highest BCUT2D eigenvalue weighted by molar-refractivity contribution is 9.10. The first-order valence-corrected chi connectivity index (χ1v) is 5.27. The van der Waals surface area contributed by atoms with Crippen molar-refractivity contribution in [2.45, 2.75) is 0 Å². The molecule has 0 aliphatic carbocycles. The Bertz CT molecular complexity index is 550. The Morgan fingerprint density at radius 3 is 2.69 bits per heavy atom. The number of anilines is 1. The third-order valence-corrected chi connectivity index (χ3v) is 2.72. The van der Waals surface area contributed by atoms with Crippen LogP contribution in [0.1, 0.15) is 10.4 Å². The van der Waals surface area contributed by atoms with Gasteiger partial charge in [-0.1, -0.05) is 0 Å². The fourth-order valence-corrected chi connectivity index (χ4v) is 1.87. The molecule has 16 heavy (non-hydrogen) atoms. The summed E-state index contributed by atoms with van der Waals surface area (Å²) in [4.78, 5) is 11.0. The van der Waals surface area contributed by atoms with Gasteiger partial charge in [0.1, 0.15) is 0 Å². The number of carbonyl (C=O) groups excluding carboxylic acids is 1. The minimum atomic E-state index is -0.466. The predicted molar refractivity (Wildman–Crippen MR) is 64.2 cm³/mol. The number of carbonyl (C=O) groups is 1. The summed E-state index contributed by atoms with van der Waals surface area (Å²) < 4.78 is 2.34. The van der Waals surface area contributed by atoms with Crippen LogP contribution in [0.25, 0.3) is 5.69 Å². The molecule has 4 N–H and O–H groups in total. The van der Waals surface area contributed by atoms with Crippen LogP contribution in [0.2, 0.25) is 0 Å². The van der Waals surface area contributed by atoms with Crippen molar-refractivity contribution in [1.29, 1.82) is 0 Å². The van der Waals surface area contributed by atoms with Gasteiger partial charge in [0.05, 0.1) is 23.8 Å². The summed E-state index contributed by atoms with van der Waals surface area (Å²) in [5.74, 6) is -0.466. The van der Waals surface area contributed by atoms with E-state index < -0.39 is 5.91 Å². The average molecular weight is 281 g/mol. The first kappa shape index (κ1) is 10.7. The van der Waals surface area contributed by atoms with Crippen LogP contribution in [0.15, 0.2) is 35.1 Å². The van der Waals surface area contributed by atoms with Gasteiger partial charge in [0.25, 0.3) is 0 Å². The van der Waals surface area contributed by atoms with E-state index in [-0.39, 0.29) is 0 Å². The second-order valence-electron chi connectivity index (χ2n) is 3.25. The van der Waals surface area contributed by atoms with Crippen LogP contribution in [-0.4, -0.2) is 15.7 Å². The molecular weight excluding hydrogens is 272 g/mol. The largest absolute Gasteiger partial charge is 0.396 e. The fraction of sp³-hybridized carbons (Fsp3) is 0. The lowest BCUT2D eigenvalue weighted by Crippen LogP contribution is -2.11. The summed E-state index contributed by atoms with van der Waals surface area (Å²) in [6.07, 6.45) is 3.23. The number of hydrogen-bond acceptors (Lipinski definition) is 3. The minimum absolute atomic E-state index is 0.441. The monoisotopic (exact) mass is 280 g/mol. The summed E-state index contributed by atoms with van der Waals surface area (Å²) in [5.41, 5.74) is 12.6. The predicted octanol–water partition coefficient (Wildman–Crippen LogP) is 1.32. The van der Waals surface area contributed by atoms with E-state index in [0.717, 1.165) is 10.2 Å². The van der Waals surface area contributed by atoms with Crippen LogP contribution in [0, 0.1) is 0 Å². The molecule has 0 radical (unpaired) electrons. The molecular formula is C10H9BrN4O. The van der Waals surface area contributed by atoms with E-state index in [1.807, 2.05) is 0 Å². The summed E-state index contributed by atoms with van der Waals surface area (Å²) in [7, 11) is 0. The van der Waals surface area contributed by atoms with Gasteiger partial charge in [-0.3, -0.25) is 4.79 Å². The van der Waals surface area contributed by atoms with Crippen LogP contribution < -0.4 is 11.5 Å². The van der Waals surface area contributed by atoms with Crippen LogP contribution in [0.4, 0.5) is 5.69 Å². The van der Waals surface area contributed by atoms with Gasteiger partial charge in [-0.05, 0) is 34.1 Å². The molecule has 1 heterocycles. The minimum Gasteiger partial charge on any atom is -0.396 e. The smallest absolute Gasteiger partial charge is 0.248 e. The van der Waals surface area contributed by atoms with Gasteiger partial charge in [0.2, 0.25) is 5.91 Å². The summed E-state index contributed by atoms with van der Waals surface area (Å²) in [6.45, 7) is 0. The molecule has 0 fully saturated rings. The molecule has 0 spiro atoms. The Kier molecular flexibility index (Phi) is 2.66.